The molecular formula is C13H15ClFNO3. The summed E-state index contributed by atoms with van der Waals surface area (Å²) in [6.07, 6.45) is -0.140. The van der Waals surface area contributed by atoms with Crippen LogP contribution in [0.15, 0.2) is 18.2 Å². The Bertz CT molecular complexity index is 491. The number of carbonyl (C=O) groups excluding carboxylic acids is 1. The van der Waals surface area contributed by atoms with E-state index in [1.54, 1.807) is 13.8 Å². The molecule has 1 amide bonds. The highest BCUT2D eigenvalue weighted by Gasteiger charge is 2.20. The summed E-state index contributed by atoms with van der Waals surface area (Å²) in [5.74, 6) is -1.94. The molecule has 0 fully saturated rings. The van der Waals surface area contributed by atoms with Crippen LogP contribution in [0.5, 0.6) is 0 Å². The third kappa shape index (κ3) is 4.21. The quantitative estimate of drug-likeness (QED) is 0.906. The Morgan fingerprint density at radius 2 is 2.05 bits per heavy atom. The number of carbonyl (C=O) groups is 2. The molecule has 6 heteroatoms. The highest BCUT2D eigenvalue weighted by Crippen LogP contribution is 2.18. The van der Waals surface area contributed by atoms with Gasteiger partial charge in [-0.2, -0.15) is 0 Å². The molecule has 0 aliphatic carbocycles. The van der Waals surface area contributed by atoms with Crippen molar-refractivity contribution in [3.63, 3.8) is 0 Å². The van der Waals surface area contributed by atoms with Crippen molar-refractivity contribution in [1.29, 1.82) is 0 Å². The molecule has 4 nitrogen and oxygen atoms in total. The van der Waals surface area contributed by atoms with Crippen molar-refractivity contribution in [2.24, 2.45) is 0 Å². The third-order valence-corrected chi connectivity index (χ3v) is 2.91. The predicted molar refractivity (Wildman–Crippen MR) is 69.8 cm³/mol. The molecule has 0 spiro atoms. The summed E-state index contributed by atoms with van der Waals surface area (Å²) in [7, 11) is 0. The van der Waals surface area contributed by atoms with Crippen LogP contribution in [0.1, 0.15) is 30.6 Å². The fraction of sp³-hybridized carbons (Fsp3) is 0.385. The highest BCUT2D eigenvalue weighted by molar-refractivity contribution is 6.31. The number of amides is 1. The fourth-order valence-corrected chi connectivity index (χ4v) is 1.79. The maximum atomic E-state index is 13.0. The number of hydrogen-bond acceptors (Lipinski definition) is 2. The first-order valence-electron chi connectivity index (χ1n) is 5.80. The smallest absolute Gasteiger partial charge is 0.305 e. The Morgan fingerprint density at radius 1 is 1.42 bits per heavy atom. The molecule has 19 heavy (non-hydrogen) atoms. The summed E-state index contributed by atoms with van der Waals surface area (Å²) in [5.41, 5.74) is 0.241. The first kappa shape index (κ1) is 15.4. The van der Waals surface area contributed by atoms with Gasteiger partial charge >= 0.3 is 5.97 Å². The van der Waals surface area contributed by atoms with Crippen molar-refractivity contribution in [2.75, 3.05) is 6.54 Å². The van der Waals surface area contributed by atoms with Crippen molar-refractivity contribution in [3.8, 4) is 0 Å². The van der Waals surface area contributed by atoms with Gasteiger partial charge < -0.3 is 10.0 Å². The van der Waals surface area contributed by atoms with Gasteiger partial charge in [0, 0.05) is 18.2 Å². The van der Waals surface area contributed by atoms with Gasteiger partial charge in [-0.1, -0.05) is 11.6 Å². The Morgan fingerprint density at radius 3 is 2.53 bits per heavy atom. The molecule has 0 bridgehead atoms. The molecule has 0 saturated heterocycles. The number of nitrogens with zero attached hydrogens (tertiary/aromatic N) is 1. The summed E-state index contributed by atoms with van der Waals surface area (Å²) < 4.78 is 13.0. The van der Waals surface area contributed by atoms with Gasteiger partial charge in [0.05, 0.1) is 11.4 Å². The molecule has 0 aliphatic rings. The first-order chi connectivity index (χ1) is 8.82. The lowest BCUT2D eigenvalue weighted by atomic mass is 10.1. The van der Waals surface area contributed by atoms with Gasteiger partial charge in [0.1, 0.15) is 5.82 Å². The Labute approximate surface area is 115 Å². The zero-order valence-corrected chi connectivity index (χ0v) is 11.4. The minimum Gasteiger partial charge on any atom is -0.481 e. The van der Waals surface area contributed by atoms with Crippen LogP contribution >= 0.6 is 11.6 Å². The summed E-state index contributed by atoms with van der Waals surface area (Å²) in [6, 6.07) is 3.54. The van der Waals surface area contributed by atoms with Crippen molar-refractivity contribution >= 4 is 23.5 Å². The number of halogens is 2. The van der Waals surface area contributed by atoms with E-state index >= 15 is 0 Å². The number of hydrogen-bond donors (Lipinski definition) is 1. The van der Waals surface area contributed by atoms with Crippen LogP contribution in [0.3, 0.4) is 0 Å². The molecule has 1 aromatic carbocycles. The molecule has 1 aromatic rings. The highest BCUT2D eigenvalue weighted by atomic mass is 35.5. The number of aliphatic carboxylic acids is 1. The molecule has 1 N–H and O–H groups in total. The van der Waals surface area contributed by atoms with Gasteiger partial charge in [-0.15, -0.1) is 0 Å². The Kier molecular flexibility index (Phi) is 5.30. The van der Waals surface area contributed by atoms with E-state index in [1.165, 1.54) is 17.0 Å². The second-order valence-corrected chi connectivity index (χ2v) is 4.77. The van der Waals surface area contributed by atoms with Gasteiger partial charge in [-0.05, 0) is 32.0 Å². The molecule has 0 heterocycles. The average molecular weight is 288 g/mol. The molecule has 1 rings (SSSR count). The molecule has 0 atom stereocenters. The summed E-state index contributed by atoms with van der Waals surface area (Å²) in [5, 5.41) is 8.54. The summed E-state index contributed by atoms with van der Waals surface area (Å²) in [4.78, 5) is 24.2. The van der Waals surface area contributed by atoms with E-state index in [-0.39, 0.29) is 35.5 Å². The summed E-state index contributed by atoms with van der Waals surface area (Å²) in [6.45, 7) is 3.66. The molecule has 0 saturated carbocycles. The van der Waals surface area contributed by atoms with Crippen LogP contribution in [-0.2, 0) is 4.79 Å². The predicted octanol–water partition coefficient (Wildman–Crippen LogP) is 2.80. The first-order valence-corrected chi connectivity index (χ1v) is 6.18. The molecule has 0 unspecified atom stereocenters. The van der Waals surface area contributed by atoms with Gasteiger partial charge in [-0.25, -0.2) is 4.39 Å². The van der Waals surface area contributed by atoms with Gasteiger partial charge in [0.2, 0.25) is 0 Å². The van der Waals surface area contributed by atoms with Gasteiger partial charge in [0.15, 0.2) is 0 Å². The number of benzene rings is 1. The van der Waals surface area contributed by atoms with Crippen LogP contribution in [0.25, 0.3) is 0 Å². The van der Waals surface area contributed by atoms with Crippen LogP contribution in [0.2, 0.25) is 5.02 Å². The van der Waals surface area contributed by atoms with Crippen LogP contribution in [0, 0.1) is 5.82 Å². The van der Waals surface area contributed by atoms with E-state index in [4.69, 9.17) is 16.7 Å². The minimum atomic E-state index is -0.976. The van der Waals surface area contributed by atoms with E-state index in [0.717, 1.165) is 6.07 Å². The largest absolute Gasteiger partial charge is 0.481 e. The molecule has 104 valence electrons. The van der Waals surface area contributed by atoms with Crippen molar-refractivity contribution in [3.05, 3.63) is 34.6 Å². The Hall–Kier alpha value is -1.62. The lowest BCUT2D eigenvalue weighted by molar-refractivity contribution is -0.137. The lowest BCUT2D eigenvalue weighted by Gasteiger charge is -2.26. The van der Waals surface area contributed by atoms with E-state index in [0.29, 0.717) is 0 Å². The van der Waals surface area contributed by atoms with Crippen molar-refractivity contribution < 1.29 is 19.1 Å². The molecular weight excluding hydrogens is 273 g/mol. The standard InChI is InChI=1S/C13H15ClFNO3/c1-8(2)16(6-5-12(17)18)13(19)9-3-4-11(15)10(14)7-9/h3-4,7-8H,5-6H2,1-2H3,(H,17,18). The van der Waals surface area contributed by atoms with Crippen molar-refractivity contribution in [2.45, 2.75) is 26.3 Å². The number of rotatable bonds is 5. The maximum absolute atomic E-state index is 13.0. The van der Waals surface area contributed by atoms with Crippen LogP contribution in [0.4, 0.5) is 4.39 Å². The van der Waals surface area contributed by atoms with Crippen molar-refractivity contribution in [1.82, 2.24) is 4.90 Å². The molecule has 0 radical (unpaired) electrons. The fourth-order valence-electron chi connectivity index (χ4n) is 1.61. The normalized spacial score (nSPS) is 10.6. The second kappa shape index (κ2) is 6.52. The van der Waals surface area contributed by atoms with Crippen LogP contribution < -0.4 is 0 Å². The second-order valence-electron chi connectivity index (χ2n) is 4.36. The SMILES string of the molecule is CC(C)N(CCC(=O)O)C(=O)c1ccc(F)c(Cl)c1. The topological polar surface area (TPSA) is 57.6 Å². The van der Waals surface area contributed by atoms with Crippen LogP contribution in [-0.4, -0.2) is 34.5 Å². The Balaban J connectivity index is 2.92. The van der Waals surface area contributed by atoms with Gasteiger partial charge in [-0.3, -0.25) is 9.59 Å². The monoisotopic (exact) mass is 287 g/mol. The van der Waals surface area contributed by atoms with E-state index in [1.807, 2.05) is 0 Å². The molecule has 0 aliphatic heterocycles. The van der Waals surface area contributed by atoms with E-state index in [9.17, 15) is 14.0 Å². The number of carboxylic acid groups (broad SMARTS) is 1. The van der Waals surface area contributed by atoms with Gasteiger partial charge in [0.25, 0.3) is 5.91 Å². The zero-order valence-electron chi connectivity index (χ0n) is 10.7. The van der Waals surface area contributed by atoms with E-state index < -0.39 is 11.8 Å². The lowest BCUT2D eigenvalue weighted by Crippen LogP contribution is -2.38. The summed E-state index contributed by atoms with van der Waals surface area (Å²) >= 11 is 5.63. The van der Waals surface area contributed by atoms with E-state index in [2.05, 4.69) is 0 Å². The number of carboxylic acids is 1. The molecule has 0 aromatic heterocycles. The maximum Gasteiger partial charge on any atom is 0.305 e. The minimum absolute atomic E-state index is 0.0980. The average Bonchev–Trinajstić information content (AvgIpc) is 2.31. The zero-order chi connectivity index (χ0) is 14.6. The third-order valence-electron chi connectivity index (χ3n) is 2.62.